The molecule has 1 fully saturated rings. The van der Waals surface area contributed by atoms with E-state index in [4.69, 9.17) is 23.2 Å². The molecule has 1 aliphatic rings. The number of carbonyl (C=O) groups excluding carboxylic acids is 1. The molecule has 25 heavy (non-hydrogen) atoms. The normalized spacial score (nSPS) is 15.8. The quantitative estimate of drug-likeness (QED) is 0.807. The molecule has 2 aromatic rings. The van der Waals surface area contributed by atoms with E-state index in [1.807, 2.05) is 24.3 Å². The van der Waals surface area contributed by atoms with Crippen molar-refractivity contribution in [2.24, 2.45) is 0 Å². The smallest absolute Gasteiger partial charge is 0.258 e. The van der Waals surface area contributed by atoms with Crippen LogP contribution in [0.3, 0.4) is 0 Å². The number of anilines is 2. The summed E-state index contributed by atoms with van der Waals surface area (Å²) in [6.07, 6.45) is 2.23. The number of nitrogens with zero attached hydrogens (tertiary/aromatic N) is 1. The van der Waals surface area contributed by atoms with Gasteiger partial charge in [-0.15, -0.1) is 0 Å². The van der Waals surface area contributed by atoms with E-state index in [2.05, 4.69) is 22.6 Å². The van der Waals surface area contributed by atoms with Gasteiger partial charge in [0.15, 0.2) is 0 Å². The zero-order valence-electron chi connectivity index (χ0n) is 14.1. The van der Waals surface area contributed by atoms with Gasteiger partial charge in [-0.25, -0.2) is 0 Å². The lowest BCUT2D eigenvalue weighted by Gasteiger charge is -2.30. The van der Waals surface area contributed by atoms with Gasteiger partial charge >= 0.3 is 0 Å². The van der Waals surface area contributed by atoms with Crippen molar-refractivity contribution in [2.45, 2.75) is 18.9 Å². The summed E-state index contributed by atoms with van der Waals surface area (Å²) in [6.45, 7) is 2.19. The van der Waals surface area contributed by atoms with Gasteiger partial charge < -0.3 is 15.5 Å². The minimum absolute atomic E-state index is 0.291. The van der Waals surface area contributed by atoms with Crippen molar-refractivity contribution in [3.8, 4) is 0 Å². The Kier molecular flexibility index (Phi) is 5.84. The Balaban J connectivity index is 1.68. The van der Waals surface area contributed by atoms with Gasteiger partial charge in [-0.2, -0.15) is 0 Å². The van der Waals surface area contributed by atoms with Crippen molar-refractivity contribution in [3.63, 3.8) is 0 Å². The molecule has 3 rings (SSSR count). The number of nitrogens with one attached hydrogen (secondary N) is 2. The second-order valence-electron chi connectivity index (χ2n) is 6.35. The fourth-order valence-electron chi connectivity index (χ4n) is 2.98. The van der Waals surface area contributed by atoms with Crippen LogP contribution in [-0.2, 0) is 0 Å². The van der Waals surface area contributed by atoms with Crippen LogP contribution < -0.4 is 10.6 Å². The Bertz CT molecular complexity index is 738. The molecule has 4 nitrogen and oxygen atoms in total. The number of likely N-dealkylation sites (tertiary alicyclic amines) is 1. The Morgan fingerprint density at radius 1 is 1.04 bits per heavy atom. The van der Waals surface area contributed by atoms with Crippen LogP contribution in [0, 0.1) is 0 Å². The topological polar surface area (TPSA) is 44.4 Å². The summed E-state index contributed by atoms with van der Waals surface area (Å²) in [5.41, 5.74) is 2.00. The zero-order valence-corrected chi connectivity index (χ0v) is 15.6. The monoisotopic (exact) mass is 377 g/mol. The third-order valence-corrected chi connectivity index (χ3v) is 5.03. The number of amides is 1. The van der Waals surface area contributed by atoms with Crippen LogP contribution in [0.2, 0.25) is 10.0 Å². The molecule has 0 unspecified atom stereocenters. The predicted molar refractivity (Wildman–Crippen MR) is 105 cm³/mol. The lowest BCUT2D eigenvalue weighted by atomic mass is 10.1. The molecule has 1 heterocycles. The van der Waals surface area contributed by atoms with Gasteiger partial charge in [0.2, 0.25) is 0 Å². The lowest BCUT2D eigenvalue weighted by Crippen LogP contribution is -2.36. The molecule has 1 amide bonds. The van der Waals surface area contributed by atoms with E-state index in [9.17, 15) is 4.79 Å². The van der Waals surface area contributed by atoms with Crippen LogP contribution in [0.25, 0.3) is 0 Å². The van der Waals surface area contributed by atoms with Gasteiger partial charge in [0.05, 0.1) is 15.6 Å². The van der Waals surface area contributed by atoms with Crippen molar-refractivity contribution in [1.82, 2.24) is 4.90 Å². The van der Waals surface area contributed by atoms with Gasteiger partial charge in [-0.05, 0) is 63.3 Å². The summed E-state index contributed by atoms with van der Waals surface area (Å²) in [5, 5.41) is 7.09. The molecule has 2 aromatic carbocycles. The van der Waals surface area contributed by atoms with Crippen molar-refractivity contribution in [1.29, 1.82) is 0 Å². The summed E-state index contributed by atoms with van der Waals surface area (Å²) >= 11 is 12.2. The largest absolute Gasteiger partial charge is 0.382 e. The highest BCUT2D eigenvalue weighted by atomic mass is 35.5. The molecule has 0 bridgehead atoms. The third-order valence-electron chi connectivity index (χ3n) is 4.40. The summed E-state index contributed by atoms with van der Waals surface area (Å²) in [5.74, 6) is -0.313. The Hall–Kier alpha value is -1.75. The van der Waals surface area contributed by atoms with Crippen LogP contribution >= 0.6 is 23.2 Å². The van der Waals surface area contributed by atoms with Crippen LogP contribution in [0.5, 0.6) is 0 Å². The maximum Gasteiger partial charge on any atom is 0.258 e. The van der Waals surface area contributed by atoms with E-state index in [0.717, 1.165) is 31.6 Å². The van der Waals surface area contributed by atoms with Crippen molar-refractivity contribution >= 4 is 40.5 Å². The van der Waals surface area contributed by atoms with Gasteiger partial charge in [0.25, 0.3) is 5.91 Å². The maximum absolute atomic E-state index is 12.5. The summed E-state index contributed by atoms with van der Waals surface area (Å²) < 4.78 is 0. The van der Waals surface area contributed by atoms with E-state index in [0.29, 0.717) is 27.3 Å². The average Bonchev–Trinajstić information content (AvgIpc) is 2.57. The Morgan fingerprint density at radius 3 is 2.32 bits per heavy atom. The molecule has 0 aliphatic carbocycles. The van der Waals surface area contributed by atoms with Gasteiger partial charge in [-0.1, -0.05) is 35.3 Å². The highest BCUT2D eigenvalue weighted by Crippen LogP contribution is 2.26. The number of rotatable bonds is 4. The number of carbonyl (C=O) groups is 1. The van der Waals surface area contributed by atoms with E-state index in [1.54, 1.807) is 18.2 Å². The minimum atomic E-state index is -0.313. The van der Waals surface area contributed by atoms with E-state index >= 15 is 0 Å². The number of benzene rings is 2. The average molecular weight is 378 g/mol. The van der Waals surface area contributed by atoms with Crippen molar-refractivity contribution in [2.75, 3.05) is 30.8 Å². The number of hydrogen-bond acceptors (Lipinski definition) is 3. The van der Waals surface area contributed by atoms with Crippen molar-refractivity contribution < 1.29 is 4.79 Å². The first kappa shape index (κ1) is 18.1. The molecular formula is C19H21Cl2N3O. The second-order valence-corrected chi connectivity index (χ2v) is 7.17. The van der Waals surface area contributed by atoms with Gasteiger partial charge in [0, 0.05) is 17.4 Å². The number of hydrogen-bond donors (Lipinski definition) is 2. The molecule has 2 N–H and O–H groups in total. The highest BCUT2D eigenvalue weighted by Gasteiger charge is 2.17. The number of halogens is 2. The molecule has 1 aliphatic heterocycles. The predicted octanol–water partition coefficient (Wildman–Crippen LogP) is 4.75. The fourth-order valence-corrected chi connectivity index (χ4v) is 3.55. The van der Waals surface area contributed by atoms with Crippen LogP contribution in [-0.4, -0.2) is 37.0 Å². The second kappa shape index (κ2) is 8.09. The molecule has 0 aromatic heterocycles. The molecule has 132 valence electrons. The zero-order chi connectivity index (χ0) is 17.8. The van der Waals surface area contributed by atoms with Crippen LogP contribution in [0.4, 0.5) is 11.4 Å². The van der Waals surface area contributed by atoms with Crippen LogP contribution in [0.15, 0.2) is 42.5 Å². The first-order valence-corrected chi connectivity index (χ1v) is 9.09. The van der Waals surface area contributed by atoms with E-state index in [1.165, 1.54) is 0 Å². The first-order valence-electron chi connectivity index (χ1n) is 8.33. The standard InChI is InChI=1S/C19H21Cl2N3O/c1-24-10-8-13(9-11-24)22-14-4-2-5-15(12-14)23-19(25)18-16(20)6-3-7-17(18)21/h2-7,12-13,22H,8-11H2,1H3,(H,23,25). The van der Waals surface area contributed by atoms with E-state index in [-0.39, 0.29) is 5.91 Å². The fraction of sp³-hybridized carbons (Fsp3) is 0.316. The third kappa shape index (κ3) is 4.66. The van der Waals surface area contributed by atoms with Crippen LogP contribution in [0.1, 0.15) is 23.2 Å². The SMILES string of the molecule is CN1CCC(Nc2cccc(NC(=O)c3c(Cl)cccc3Cl)c2)CC1. The minimum Gasteiger partial charge on any atom is -0.382 e. The molecule has 0 saturated carbocycles. The van der Waals surface area contributed by atoms with Gasteiger partial charge in [-0.3, -0.25) is 4.79 Å². The molecule has 6 heteroatoms. The van der Waals surface area contributed by atoms with Crippen molar-refractivity contribution in [3.05, 3.63) is 58.1 Å². The molecule has 0 radical (unpaired) electrons. The van der Waals surface area contributed by atoms with E-state index < -0.39 is 0 Å². The maximum atomic E-state index is 12.5. The molecule has 0 spiro atoms. The van der Waals surface area contributed by atoms with Gasteiger partial charge in [0.1, 0.15) is 0 Å². The highest BCUT2D eigenvalue weighted by molar-refractivity contribution is 6.40. The molecule has 0 atom stereocenters. The summed E-state index contributed by atoms with van der Waals surface area (Å²) in [4.78, 5) is 14.8. The summed E-state index contributed by atoms with van der Waals surface area (Å²) in [6, 6.07) is 13.2. The first-order chi connectivity index (χ1) is 12.0. The Labute approximate surface area is 158 Å². The summed E-state index contributed by atoms with van der Waals surface area (Å²) in [7, 11) is 2.15. The molecular weight excluding hydrogens is 357 g/mol. The lowest BCUT2D eigenvalue weighted by molar-refractivity contribution is 0.102. The number of piperidine rings is 1. The molecule has 1 saturated heterocycles. The Morgan fingerprint density at radius 2 is 1.64 bits per heavy atom.